The fraction of sp³-hybridized carbons (Fsp3) is 0. The molecule has 3 heterocycles. The minimum absolute atomic E-state index is 0.638. The zero-order chi connectivity index (χ0) is 37.7. The van der Waals surface area contributed by atoms with Crippen molar-refractivity contribution in [2.75, 3.05) is 4.90 Å². The molecule has 0 aliphatic carbocycles. The van der Waals surface area contributed by atoms with E-state index < -0.39 is 0 Å². The highest BCUT2D eigenvalue weighted by molar-refractivity contribution is 6.13. The molecule has 0 spiro atoms. The van der Waals surface area contributed by atoms with Crippen molar-refractivity contribution in [3.63, 3.8) is 0 Å². The van der Waals surface area contributed by atoms with E-state index in [1.807, 2.05) is 66.7 Å². The van der Waals surface area contributed by atoms with Crippen molar-refractivity contribution < 1.29 is 8.83 Å². The fourth-order valence-electron chi connectivity index (χ4n) is 7.99. The maximum atomic E-state index is 6.58. The van der Waals surface area contributed by atoms with E-state index in [0.717, 1.165) is 100 Å². The summed E-state index contributed by atoms with van der Waals surface area (Å²) in [5, 5.41) is 4.20. The van der Waals surface area contributed by atoms with Gasteiger partial charge in [-0.25, -0.2) is 9.97 Å². The topological polar surface area (TPSA) is 55.3 Å². The quantitative estimate of drug-likeness (QED) is 0.163. The van der Waals surface area contributed by atoms with E-state index in [2.05, 4.69) is 138 Å². The van der Waals surface area contributed by atoms with Crippen LogP contribution in [-0.2, 0) is 0 Å². The molecule has 57 heavy (non-hydrogen) atoms. The molecule has 0 fully saturated rings. The van der Waals surface area contributed by atoms with Crippen molar-refractivity contribution in [1.82, 2.24) is 9.97 Å². The van der Waals surface area contributed by atoms with Gasteiger partial charge in [-0.1, -0.05) is 140 Å². The van der Waals surface area contributed by atoms with Gasteiger partial charge < -0.3 is 13.7 Å². The Morgan fingerprint density at radius 1 is 0.368 bits per heavy atom. The van der Waals surface area contributed by atoms with E-state index >= 15 is 0 Å². The Hall–Kier alpha value is -7.76. The van der Waals surface area contributed by atoms with Crippen LogP contribution in [0.2, 0.25) is 0 Å². The monoisotopic (exact) mass is 731 g/mol. The van der Waals surface area contributed by atoms with Crippen LogP contribution in [-0.4, -0.2) is 9.97 Å². The van der Waals surface area contributed by atoms with Crippen LogP contribution >= 0.6 is 0 Å². The normalized spacial score (nSPS) is 11.5. The zero-order valence-corrected chi connectivity index (χ0v) is 30.7. The molecule has 0 aliphatic rings. The van der Waals surface area contributed by atoms with E-state index in [1.54, 1.807) is 0 Å². The molecule has 11 aromatic rings. The van der Waals surface area contributed by atoms with Gasteiger partial charge >= 0.3 is 0 Å². The first-order valence-corrected chi connectivity index (χ1v) is 19.1. The molecule has 0 unspecified atom stereocenters. The van der Waals surface area contributed by atoms with E-state index in [4.69, 9.17) is 18.8 Å². The largest absolute Gasteiger partial charge is 0.456 e. The molecule has 0 radical (unpaired) electrons. The van der Waals surface area contributed by atoms with Gasteiger partial charge in [-0.15, -0.1) is 0 Å². The molecule has 0 amide bonds. The molecule has 5 heteroatoms. The van der Waals surface area contributed by atoms with E-state index in [1.165, 1.54) is 0 Å². The standard InChI is InChI=1S/C52H33N3O2/c1-4-15-35(16-5-1)44-33-45(36-17-6-2-7-18-36)54-52(53-44)43-31-37(32-49-50(43)42-22-11-13-26-48(42)56-49)34-27-29-39(30-28-34)55(38-19-8-3-9-20-38)46-24-14-23-41-40-21-10-12-25-47(40)57-51(41)46/h1-33H. The molecule has 0 aliphatic heterocycles. The highest BCUT2D eigenvalue weighted by Gasteiger charge is 2.21. The number of para-hydroxylation sites is 4. The first-order chi connectivity index (χ1) is 28.2. The summed E-state index contributed by atoms with van der Waals surface area (Å²) >= 11 is 0. The average Bonchev–Trinajstić information content (AvgIpc) is 3.86. The maximum absolute atomic E-state index is 6.58. The average molecular weight is 732 g/mol. The van der Waals surface area contributed by atoms with Crippen LogP contribution < -0.4 is 4.90 Å². The summed E-state index contributed by atoms with van der Waals surface area (Å²) in [5.74, 6) is 0.638. The number of anilines is 3. The van der Waals surface area contributed by atoms with Crippen LogP contribution in [0.4, 0.5) is 17.1 Å². The molecule has 0 saturated carbocycles. The Balaban J connectivity index is 1.08. The number of benzene rings is 8. The van der Waals surface area contributed by atoms with Crippen LogP contribution in [0.15, 0.2) is 209 Å². The van der Waals surface area contributed by atoms with Gasteiger partial charge in [0.2, 0.25) is 0 Å². The number of rotatable bonds is 7. The number of hydrogen-bond acceptors (Lipinski definition) is 5. The van der Waals surface area contributed by atoms with E-state index in [0.29, 0.717) is 5.82 Å². The van der Waals surface area contributed by atoms with Gasteiger partial charge in [0.1, 0.15) is 16.7 Å². The lowest BCUT2D eigenvalue weighted by molar-refractivity contribution is 0.668. The third-order valence-corrected chi connectivity index (χ3v) is 10.7. The first-order valence-electron chi connectivity index (χ1n) is 19.1. The molecular weight excluding hydrogens is 699 g/mol. The summed E-state index contributed by atoms with van der Waals surface area (Å²) in [5.41, 5.74) is 13.1. The van der Waals surface area contributed by atoms with Crippen molar-refractivity contribution in [3.8, 4) is 45.0 Å². The lowest BCUT2D eigenvalue weighted by atomic mass is 9.97. The Morgan fingerprint density at radius 2 is 0.930 bits per heavy atom. The van der Waals surface area contributed by atoms with Crippen molar-refractivity contribution in [2.45, 2.75) is 0 Å². The van der Waals surface area contributed by atoms with Gasteiger partial charge in [0.05, 0.1) is 17.1 Å². The lowest BCUT2D eigenvalue weighted by Crippen LogP contribution is -2.10. The maximum Gasteiger partial charge on any atom is 0.161 e. The van der Waals surface area contributed by atoms with Gasteiger partial charge in [0.25, 0.3) is 0 Å². The van der Waals surface area contributed by atoms with Gasteiger partial charge in [-0.3, -0.25) is 0 Å². The molecule has 5 nitrogen and oxygen atoms in total. The Kier molecular flexibility index (Phi) is 7.74. The summed E-state index contributed by atoms with van der Waals surface area (Å²) in [6, 6.07) is 68.9. The fourth-order valence-corrected chi connectivity index (χ4v) is 7.99. The minimum Gasteiger partial charge on any atom is -0.456 e. The van der Waals surface area contributed by atoms with Crippen LogP contribution in [0.25, 0.3) is 88.9 Å². The summed E-state index contributed by atoms with van der Waals surface area (Å²) < 4.78 is 13.1. The highest BCUT2D eigenvalue weighted by atomic mass is 16.3. The molecule has 0 N–H and O–H groups in total. The second-order valence-electron chi connectivity index (χ2n) is 14.2. The molecular formula is C52H33N3O2. The van der Waals surface area contributed by atoms with Crippen molar-refractivity contribution in [3.05, 3.63) is 200 Å². The van der Waals surface area contributed by atoms with Crippen molar-refractivity contribution >= 4 is 60.9 Å². The summed E-state index contributed by atoms with van der Waals surface area (Å²) in [6.07, 6.45) is 0. The molecule has 268 valence electrons. The molecule has 0 atom stereocenters. The van der Waals surface area contributed by atoms with Gasteiger partial charge in [0.15, 0.2) is 11.4 Å². The number of nitrogens with zero attached hydrogens (tertiary/aromatic N) is 3. The first kappa shape index (κ1) is 32.7. The Morgan fingerprint density at radius 3 is 1.61 bits per heavy atom. The Labute approximate surface area is 328 Å². The van der Waals surface area contributed by atoms with Crippen LogP contribution in [0.5, 0.6) is 0 Å². The lowest BCUT2D eigenvalue weighted by Gasteiger charge is -2.25. The molecule has 3 aromatic heterocycles. The number of aromatic nitrogens is 2. The minimum atomic E-state index is 0.638. The zero-order valence-electron chi connectivity index (χ0n) is 30.7. The van der Waals surface area contributed by atoms with Crippen LogP contribution in [0.3, 0.4) is 0 Å². The number of furan rings is 2. The Bertz CT molecular complexity index is 3170. The van der Waals surface area contributed by atoms with Gasteiger partial charge in [-0.2, -0.15) is 0 Å². The van der Waals surface area contributed by atoms with E-state index in [9.17, 15) is 0 Å². The number of hydrogen-bond donors (Lipinski definition) is 0. The van der Waals surface area contributed by atoms with Crippen molar-refractivity contribution in [2.24, 2.45) is 0 Å². The van der Waals surface area contributed by atoms with Crippen LogP contribution in [0.1, 0.15) is 0 Å². The van der Waals surface area contributed by atoms with E-state index in [-0.39, 0.29) is 0 Å². The molecule has 8 aromatic carbocycles. The third-order valence-electron chi connectivity index (χ3n) is 10.7. The predicted octanol–water partition coefficient (Wildman–Crippen LogP) is 14.4. The van der Waals surface area contributed by atoms with Gasteiger partial charge in [-0.05, 0) is 71.8 Å². The summed E-state index contributed by atoms with van der Waals surface area (Å²) in [6.45, 7) is 0. The summed E-state index contributed by atoms with van der Waals surface area (Å²) in [4.78, 5) is 12.8. The van der Waals surface area contributed by atoms with Crippen molar-refractivity contribution in [1.29, 1.82) is 0 Å². The smallest absolute Gasteiger partial charge is 0.161 e. The molecule has 11 rings (SSSR count). The molecule has 0 saturated heterocycles. The molecule has 0 bridgehead atoms. The highest BCUT2D eigenvalue weighted by Crippen LogP contribution is 2.44. The third kappa shape index (κ3) is 5.72. The number of fused-ring (bicyclic) bond motifs is 6. The second kappa shape index (κ2) is 13.5. The van der Waals surface area contributed by atoms with Crippen LogP contribution in [0, 0.1) is 0 Å². The second-order valence-corrected chi connectivity index (χ2v) is 14.2. The van der Waals surface area contributed by atoms with Gasteiger partial charge in [0, 0.05) is 49.6 Å². The summed E-state index contributed by atoms with van der Waals surface area (Å²) in [7, 11) is 0. The SMILES string of the molecule is c1ccc(-c2cc(-c3ccccc3)nc(-c3cc(-c4ccc(N(c5ccccc5)c5cccc6c5oc5ccccc56)cc4)cc4oc5ccccc5c34)n2)cc1. The predicted molar refractivity (Wildman–Crippen MR) is 233 cm³/mol.